The van der Waals surface area contributed by atoms with Gasteiger partial charge in [0, 0.05) is 51.5 Å². The Morgan fingerprint density at radius 3 is 1.60 bits per heavy atom. The van der Waals surface area contributed by atoms with Crippen molar-refractivity contribution in [2.24, 2.45) is 0 Å². The number of sulfonamides is 1. The van der Waals surface area contributed by atoms with Crippen molar-refractivity contribution in [2.75, 3.05) is 10.8 Å². The molecule has 0 fully saturated rings. The smallest absolute Gasteiger partial charge is 0.266 e. The number of hydrogen-bond donors (Lipinski definition) is 0. The van der Waals surface area contributed by atoms with E-state index in [1.54, 1.807) is 18.2 Å². The molecule has 0 saturated heterocycles. The zero-order chi connectivity index (χ0) is 34.4. The summed E-state index contributed by atoms with van der Waals surface area (Å²) >= 11 is 11.3. The van der Waals surface area contributed by atoms with Crippen LogP contribution < -0.4 is 4.31 Å². The Morgan fingerprint density at radius 1 is 0.596 bits per heavy atom. The molecule has 47 heavy (non-hydrogen) atoms. The number of rotatable bonds is 5. The lowest BCUT2D eigenvalue weighted by Crippen LogP contribution is -2.35. The Morgan fingerprint density at radius 2 is 1.06 bits per heavy atom. The van der Waals surface area contributed by atoms with Gasteiger partial charge in [0.1, 0.15) is 0 Å². The monoisotopic (exact) mass is 739 g/mol. The molecule has 0 saturated carbocycles. The highest BCUT2D eigenvalue weighted by atomic mass is 35.7. The zero-order valence-corrected chi connectivity index (χ0v) is 28.5. The molecular formula is C31H28Cl3N3O8S2. The molecule has 0 N–H and O–H groups in total. The van der Waals surface area contributed by atoms with Gasteiger partial charge < -0.3 is 0 Å². The number of nitro benzene ring substituents is 2. The van der Waals surface area contributed by atoms with Gasteiger partial charge in [-0.15, -0.1) is 0 Å². The van der Waals surface area contributed by atoms with Gasteiger partial charge in [-0.25, -0.2) is 16.8 Å². The summed E-state index contributed by atoms with van der Waals surface area (Å²) in [5, 5.41) is 22.4. The van der Waals surface area contributed by atoms with Crippen molar-refractivity contribution in [3.63, 3.8) is 0 Å². The highest BCUT2D eigenvalue weighted by molar-refractivity contribution is 8.13. The highest BCUT2D eigenvalue weighted by Gasteiger charge is 2.30. The van der Waals surface area contributed by atoms with Gasteiger partial charge in [0.05, 0.1) is 25.3 Å². The number of halogens is 3. The maximum Gasteiger partial charge on any atom is 0.271 e. The first-order chi connectivity index (χ1) is 22.2. The van der Waals surface area contributed by atoms with E-state index in [1.807, 2.05) is 6.07 Å². The first-order valence-electron chi connectivity index (χ1n) is 14.2. The van der Waals surface area contributed by atoms with E-state index in [9.17, 15) is 37.1 Å². The SMILES string of the molecule is O=S(=O)(Cl)c1ccc(Cl)cc1.O=[N+]([O-])c1ccc2c(c1)CCCC2.O=[N+]([O-])c1ccc2c(c1)N(S(=O)(=O)c1ccc(Cl)cc1)CCC2. The van der Waals surface area contributed by atoms with Crippen LogP contribution in [0.5, 0.6) is 0 Å². The van der Waals surface area contributed by atoms with Crippen LogP contribution >= 0.6 is 33.9 Å². The highest BCUT2D eigenvalue weighted by Crippen LogP contribution is 2.35. The first-order valence-corrected chi connectivity index (χ1v) is 18.7. The predicted octanol–water partition coefficient (Wildman–Crippen LogP) is 8.13. The zero-order valence-electron chi connectivity index (χ0n) is 24.6. The summed E-state index contributed by atoms with van der Waals surface area (Å²) in [7, 11) is -2.35. The van der Waals surface area contributed by atoms with Gasteiger partial charge in [-0.1, -0.05) is 35.3 Å². The normalized spacial score (nSPS) is 13.9. The van der Waals surface area contributed by atoms with Crippen LogP contribution in [0.25, 0.3) is 0 Å². The minimum Gasteiger partial charge on any atom is -0.266 e. The lowest BCUT2D eigenvalue weighted by Gasteiger charge is -2.30. The second-order valence-corrected chi connectivity index (χ2v) is 15.8. The lowest BCUT2D eigenvalue weighted by molar-refractivity contribution is -0.385. The number of nitrogens with zero attached hydrogens (tertiary/aromatic N) is 3. The second kappa shape index (κ2) is 15.4. The summed E-state index contributed by atoms with van der Waals surface area (Å²) in [5.41, 5.74) is 3.72. The van der Waals surface area contributed by atoms with E-state index >= 15 is 0 Å². The first kappa shape index (κ1) is 36.1. The van der Waals surface area contributed by atoms with Crippen LogP contribution in [0.2, 0.25) is 10.0 Å². The lowest BCUT2D eigenvalue weighted by atomic mass is 9.91. The van der Waals surface area contributed by atoms with E-state index in [0.29, 0.717) is 35.1 Å². The van der Waals surface area contributed by atoms with Crippen LogP contribution in [-0.4, -0.2) is 33.2 Å². The summed E-state index contributed by atoms with van der Waals surface area (Å²) in [6.45, 7) is 0.291. The topological polar surface area (TPSA) is 158 Å². The van der Waals surface area contributed by atoms with Crippen molar-refractivity contribution in [3.8, 4) is 0 Å². The third-order valence-corrected chi connectivity index (χ3v) is 11.1. The fraction of sp³-hybridized carbons (Fsp3) is 0.226. The largest absolute Gasteiger partial charge is 0.271 e. The van der Waals surface area contributed by atoms with Gasteiger partial charge in [-0.3, -0.25) is 24.5 Å². The molecule has 4 aromatic carbocycles. The molecule has 11 nitrogen and oxygen atoms in total. The number of hydrogen-bond acceptors (Lipinski definition) is 8. The fourth-order valence-corrected chi connectivity index (χ4v) is 7.61. The van der Waals surface area contributed by atoms with Gasteiger partial charge >= 0.3 is 0 Å². The molecule has 0 unspecified atom stereocenters. The van der Waals surface area contributed by atoms with Crippen LogP contribution in [0.3, 0.4) is 0 Å². The van der Waals surface area contributed by atoms with Crippen LogP contribution in [0.4, 0.5) is 17.1 Å². The molecule has 248 valence electrons. The Hall–Kier alpha value is -3.75. The molecule has 0 atom stereocenters. The van der Waals surface area contributed by atoms with Gasteiger partial charge in [-0.2, -0.15) is 0 Å². The summed E-state index contributed by atoms with van der Waals surface area (Å²) < 4.78 is 48.3. The van der Waals surface area contributed by atoms with Crippen LogP contribution in [-0.2, 0) is 38.3 Å². The van der Waals surface area contributed by atoms with Gasteiger partial charge in [0.15, 0.2) is 0 Å². The van der Waals surface area contributed by atoms with Crippen molar-refractivity contribution in [1.82, 2.24) is 0 Å². The molecule has 1 aliphatic heterocycles. The minimum atomic E-state index is -3.78. The summed E-state index contributed by atoms with van der Waals surface area (Å²) in [6.07, 6.45) is 5.81. The fourth-order valence-electron chi connectivity index (χ4n) is 5.06. The molecule has 16 heteroatoms. The summed E-state index contributed by atoms with van der Waals surface area (Å²) in [5.74, 6) is 0. The molecule has 0 bridgehead atoms. The molecule has 0 amide bonds. The Bertz CT molecular complexity index is 1990. The van der Waals surface area contributed by atoms with Crippen molar-refractivity contribution in [2.45, 2.75) is 48.3 Å². The van der Waals surface area contributed by atoms with E-state index in [0.717, 1.165) is 24.8 Å². The maximum atomic E-state index is 12.9. The standard InChI is InChI=1S/C15H13ClN2O4S.C10H11NO2.C6H4Cl2O2S/c16-12-4-7-14(8-5-12)23(21,22)17-9-1-2-11-3-6-13(18(19)20)10-15(11)17;12-11(13)10-6-5-8-3-1-2-4-9(8)7-10;7-5-1-3-6(4-2-5)11(8,9)10/h3-8,10H,1-2,9H2;5-7H,1-4H2;1-4H. The van der Waals surface area contributed by atoms with Crippen LogP contribution in [0, 0.1) is 20.2 Å². The Balaban J connectivity index is 0.000000176. The van der Waals surface area contributed by atoms with E-state index < -0.39 is 24.0 Å². The molecule has 6 rings (SSSR count). The number of nitro groups is 2. The summed E-state index contributed by atoms with van der Waals surface area (Å²) in [4.78, 5) is 20.8. The van der Waals surface area contributed by atoms with Crippen molar-refractivity contribution < 1.29 is 26.7 Å². The molecular weight excluding hydrogens is 713 g/mol. The van der Waals surface area contributed by atoms with Crippen LogP contribution in [0.15, 0.2) is 94.7 Å². The number of non-ortho nitro benzene ring substituents is 2. The van der Waals surface area contributed by atoms with Crippen molar-refractivity contribution >= 4 is 70.0 Å². The molecule has 1 heterocycles. The molecule has 0 spiro atoms. The van der Waals surface area contributed by atoms with Gasteiger partial charge in [-0.05, 0) is 104 Å². The van der Waals surface area contributed by atoms with E-state index in [1.165, 1.54) is 82.5 Å². The number of benzene rings is 4. The van der Waals surface area contributed by atoms with Crippen molar-refractivity contribution in [3.05, 3.63) is 132 Å². The van der Waals surface area contributed by atoms with E-state index in [-0.39, 0.29) is 26.1 Å². The van der Waals surface area contributed by atoms with Crippen LogP contribution in [0.1, 0.15) is 36.0 Å². The molecule has 0 aromatic heterocycles. The third kappa shape index (κ3) is 9.42. The molecule has 4 aromatic rings. The predicted molar refractivity (Wildman–Crippen MR) is 182 cm³/mol. The second-order valence-electron chi connectivity index (χ2n) is 10.5. The number of fused-ring (bicyclic) bond motifs is 2. The Labute approximate surface area is 286 Å². The number of anilines is 1. The Kier molecular flexibility index (Phi) is 11.9. The summed E-state index contributed by atoms with van der Waals surface area (Å²) in [6, 6.07) is 21.1. The van der Waals surface area contributed by atoms with Gasteiger partial charge in [0.2, 0.25) is 0 Å². The average molecular weight is 741 g/mol. The number of aryl methyl sites for hydroxylation is 3. The van der Waals surface area contributed by atoms with E-state index in [4.69, 9.17) is 33.9 Å². The van der Waals surface area contributed by atoms with Crippen molar-refractivity contribution in [1.29, 1.82) is 0 Å². The maximum absolute atomic E-state index is 12.9. The molecule has 2 aliphatic rings. The molecule has 1 aliphatic carbocycles. The molecule has 0 radical (unpaired) electrons. The van der Waals surface area contributed by atoms with Gasteiger partial charge in [0.25, 0.3) is 30.4 Å². The third-order valence-electron chi connectivity index (χ3n) is 7.40. The quantitative estimate of drug-likeness (QED) is 0.113. The van der Waals surface area contributed by atoms with E-state index in [2.05, 4.69) is 0 Å². The average Bonchev–Trinajstić information content (AvgIpc) is 3.04. The minimum absolute atomic E-state index is 0.0589.